The summed E-state index contributed by atoms with van der Waals surface area (Å²) >= 11 is 0. The normalized spacial score (nSPS) is 11.8. The predicted molar refractivity (Wildman–Crippen MR) is 98.5 cm³/mol. The van der Waals surface area contributed by atoms with E-state index in [-0.39, 0.29) is 18.4 Å². The molecule has 3 aromatic rings. The molecule has 5 nitrogen and oxygen atoms in total. The van der Waals surface area contributed by atoms with E-state index in [1.54, 1.807) is 13.0 Å². The average molecular weight is 335 g/mol. The monoisotopic (exact) mass is 335 g/mol. The number of benzene rings is 2. The van der Waals surface area contributed by atoms with Crippen LogP contribution in [0.25, 0.3) is 0 Å². The van der Waals surface area contributed by atoms with Crippen molar-refractivity contribution in [1.82, 2.24) is 5.16 Å². The van der Waals surface area contributed by atoms with Gasteiger partial charge in [-0.25, -0.2) is 0 Å². The Hall–Kier alpha value is -3.08. The molecule has 25 heavy (non-hydrogen) atoms. The Kier molecular flexibility index (Phi) is 5.14. The van der Waals surface area contributed by atoms with Crippen molar-refractivity contribution in [2.75, 3.05) is 10.6 Å². The third-order valence-electron chi connectivity index (χ3n) is 3.87. The van der Waals surface area contributed by atoms with Gasteiger partial charge in [0.05, 0.1) is 12.1 Å². The Balaban J connectivity index is 1.55. The molecule has 1 heterocycles. The van der Waals surface area contributed by atoms with E-state index in [0.29, 0.717) is 11.5 Å². The molecule has 1 amide bonds. The third kappa shape index (κ3) is 4.70. The molecule has 0 aliphatic carbocycles. The summed E-state index contributed by atoms with van der Waals surface area (Å²) in [7, 11) is 0. The minimum atomic E-state index is -0.119. The summed E-state index contributed by atoms with van der Waals surface area (Å²) in [5.41, 5.74) is 3.61. The molecule has 0 unspecified atom stereocenters. The van der Waals surface area contributed by atoms with Crippen molar-refractivity contribution in [3.05, 3.63) is 77.7 Å². The van der Waals surface area contributed by atoms with Gasteiger partial charge in [0, 0.05) is 23.5 Å². The molecule has 0 saturated heterocycles. The van der Waals surface area contributed by atoms with Gasteiger partial charge < -0.3 is 15.2 Å². The van der Waals surface area contributed by atoms with Crippen molar-refractivity contribution in [3.8, 4) is 0 Å². The second-order valence-electron chi connectivity index (χ2n) is 6.01. The summed E-state index contributed by atoms with van der Waals surface area (Å²) in [5.74, 6) is 0.581. The molecule has 0 spiro atoms. The van der Waals surface area contributed by atoms with Crippen LogP contribution >= 0.6 is 0 Å². The molecule has 128 valence electrons. The molecule has 0 bridgehead atoms. The second-order valence-corrected chi connectivity index (χ2v) is 6.01. The van der Waals surface area contributed by atoms with Gasteiger partial charge in [-0.3, -0.25) is 4.79 Å². The molecule has 5 heteroatoms. The van der Waals surface area contributed by atoms with Crippen molar-refractivity contribution in [3.63, 3.8) is 0 Å². The molecule has 0 saturated carbocycles. The fourth-order valence-electron chi connectivity index (χ4n) is 2.60. The summed E-state index contributed by atoms with van der Waals surface area (Å²) in [6, 6.07) is 19.9. The summed E-state index contributed by atoms with van der Waals surface area (Å²) in [4.78, 5) is 12.0. The van der Waals surface area contributed by atoms with E-state index < -0.39 is 0 Å². The van der Waals surface area contributed by atoms with Crippen LogP contribution in [0.1, 0.15) is 30.0 Å². The van der Waals surface area contributed by atoms with Crippen molar-refractivity contribution in [1.29, 1.82) is 0 Å². The topological polar surface area (TPSA) is 67.2 Å². The summed E-state index contributed by atoms with van der Waals surface area (Å²) < 4.78 is 4.97. The number of nitrogens with zero attached hydrogens (tertiary/aromatic N) is 1. The van der Waals surface area contributed by atoms with Gasteiger partial charge in [0.15, 0.2) is 0 Å². The lowest BCUT2D eigenvalue weighted by atomic mass is 10.1. The van der Waals surface area contributed by atoms with Gasteiger partial charge in [-0.15, -0.1) is 0 Å². The maximum Gasteiger partial charge on any atom is 0.230 e. The minimum Gasteiger partial charge on any atom is -0.379 e. The molecule has 1 atom stereocenters. The molecule has 0 fully saturated rings. The number of aromatic nitrogens is 1. The number of carbonyl (C=O) groups excluding carboxylic acids is 1. The van der Waals surface area contributed by atoms with E-state index in [1.807, 2.05) is 42.5 Å². The maximum atomic E-state index is 12.0. The van der Waals surface area contributed by atoms with Crippen LogP contribution in [-0.2, 0) is 11.2 Å². The molecule has 0 radical (unpaired) electrons. The van der Waals surface area contributed by atoms with E-state index >= 15 is 0 Å². The van der Waals surface area contributed by atoms with Gasteiger partial charge in [0.1, 0.15) is 5.76 Å². The lowest BCUT2D eigenvalue weighted by Gasteiger charge is -2.16. The smallest absolute Gasteiger partial charge is 0.230 e. The molecule has 0 aliphatic heterocycles. The molecule has 2 aromatic carbocycles. The van der Waals surface area contributed by atoms with Crippen molar-refractivity contribution < 1.29 is 9.32 Å². The Labute approximate surface area is 147 Å². The van der Waals surface area contributed by atoms with Crippen LogP contribution in [0.15, 0.2) is 65.2 Å². The van der Waals surface area contributed by atoms with Gasteiger partial charge in [-0.2, -0.15) is 0 Å². The summed E-state index contributed by atoms with van der Waals surface area (Å²) in [5, 5.41) is 10.1. The molecule has 1 aromatic heterocycles. The third-order valence-corrected chi connectivity index (χ3v) is 3.87. The highest BCUT2D eigenvalue weighted by Crippen LogP contribution is 2.20. The van der Waals surface area contributed by atoms with E-state index in [9.17, 15) is 4.79 Å². The van der Waals surface area contributed by atoms with Crippen molar-refractivity contribution in [2.45, 2.75) is 26.3 Å². The number of carbonyl (C=O) groups is 1. The molecule has 3 rings (SSSR count). The van der Waals surface area contributed by atoms with Gasteiger partial charge >= 0.3 is 0 Å². The first kappa shape index (κ1) is 16.8. The fraction of sp³-hybridized carbons (Fsp3) is 0.200. The van der Waals surface area contributed by atoms with E-state index in [0.717, 1.165) is 11.4 Å². The van der Waals surface area contributed by atoms with Crippen molar-refractivity contribution >= 4 is 17.3 Å². The number of rotatable bonds is 6. The van der Waals surface area contributed by atoms with Gasteiger partial charge in [0.25, 0.3) is 0 Å². The Morgan fingerprint density at radius 2 is 1.76 bits per heavy atom. The van der Waals surface area contributed by atoms with Crippen LogP contribution in [0.4, 0.5) is 11.4 Å². The first-order chi connectivity index (χ1) is 12.1. The Morgan fingerprint density at radius 3 is 2.40 bits per heavy atom. The maximum absolute atomic E-state index is 12.0. The van der Waals surface area contributed by atoms with Gasteiger partial charge in [-0.1, -0.05) is 35.5 Å². The highest BCUT2D eigenvalue weighted by atomic mass is 16.5. The Bertz CT molecular complexity index is 826. The van der Waals surface area contributed by atoms with Crippen LogP contribution < -0.4 is 10.6 Å². The van der Waals surface area contributed by atoms with Crippen LogP contribution in [0.5, 0.6) is 0 Å². The van der Waals surface area contributed by atoms with E-state index in [2.05, 4.69) is 34.8 Å². The molecular formula is C20H21N3O2. The lowest BCUT2D eigenvalue weighted by Crippen LogP contribution is -2.14. The van der Waals surface area contributed by atoms with Gasteiger partial charge in [0.2, 0.25) is 5.91 Å². The number of amides is 1. The first-order valence-corrected chi connectivity index (χ1v) is 8.24. The quantitative estimate of drug-likeness (QED) is 0.703. The fourth-order valence-corrected chi connectivity index (χ4v) is 2.60. The molecule has 0 aliphatic rings. The highest BCUT2D eigenvalue weighted by Gasteiger charge is 2.09. The van der Waals surface area contributed by atoms with Crippen LogP contribution in [0.2, 0.25) is 0 Å². The van der Waals surface area contributed by atoms with Crippen LogP contribution in [0, 0.1) is 6.92 Å². The van der Waals surface area contributed by atoms with Crippen molar-refractivity contribution in [2.24, 2.45) is 0 Å². The standard InChI is InChI=1S/C20H21N3O2/c1-14-12-19(23-25-14)13-20(24)22-18-10-8-17(9-11-18)21-15(2)16-6-4-3-5-7-16/h3-12,15,21H,13H2,1-2H3,(H,22,24)/t15-/m0/s1. The van der Waals surface area contributed by atoms with Gasteiger partial charge in [-0.05, 0) is 43.7 Å². The highest BCUT2D eigenvalue weighted by molar-refractivity contribution is 5.92. The Morgan fingerprint density at radius 1 is 1.08 bits per heavy atom. The van der Waals surface area contributed by atoms with Crippen LogP contribution in [-0.4, -0.2) is 11.1 Å². The zero-order valence-corrected chi connectivity index (χ0v) is 14.3. The zero-order valence-electron chi connectivity index (χ0n) is 14.3. The largest absolute Gasteiger partial charge is 0.379 e. The number of hydrogen-bond acceptors (Lipinski definition) is 4. The van der Waals surface area contributed by atoms with E-state index in [1.165, 1.54) is 5.56 Å². The lowest BCUT2D eigenvalue weighted by molar-refractivity contribution is -0.115. The SMILES string of the molecule is Cc1cc(CC(=O)Nc2ccc(N[C@@H](C)c3ccccc3)cc2)no1. The van der Waals surface area contributed by atoms with E-state index in [4.69, 9.17) is 4.52 Å². The number of anilines is 2. The number of aryl methyl sites for hydroxylation is 1. The molecular weight excluding hydrogens is 314 g/mol. The average Bonchev–Trinajstić information content (AvgIpc) is 3.02. The second kappa shape index (κ2) is 7.66. The summed E-state index contributed by atoms with van der Waals surface area (Å²) in [6.45, 7) is 3.92. The minimum absolute atomic E-state index is 0.119. The van der Waals surface area contributed by atoms with Crippen LogP contribution in [0.3, 0.4) is 0 Å². The summed E-state index contributed by atoms with van der Waals surface area (Å²) in [6.07, 6.45) is 0.197. The first-order valence-electron chi connectivity index (χ1n) is 8.24. The zero-order chi connectivity index (χ0) is 17.6. The number of hydrogen-bond donors (Lipinski definition) is 2. The number of nitrogens with one attached hydrogen (secondary N) is 2. The molecule has 2 N–H and O–H groups in total. The predicted octanol–water partition coefficient (Wildman–Crippen LogP) is 4.34.